The van der Waals surface area contributed by atoms with Crippen molar-refractivity contribution in [2.75, 3.05) is 37.7 Å². The highest BCUT2D eigenvalue weighted by molar-refractivity contribution is 7.83. The number of nitrogens with one attached hydrogen (secondary N) is 1. The molecule has 2 fully saturated rings. The fourth-order valence-corrected chi connectivity index (χ4v) is 5.07. The van der Waals surface area contributed by atoms with Crippen LogP contribution >= 0.6 is 0 Å². The third-order valence-electron chi connectivity index (χ3n) is 5.63. The summed E-state index contributed by atoms with van der Waals surface area (Å²) in [6.45, 7) is 6.85. The average molecular weight is 413 g/mol. The summed E-state index contributed by atoms with van der Waals surface area (Å²) in [4.78, 5) is 14.4. The Bertz CT molecular complexity index is 725. The molecule has 1 aliphatic carbocycles. The van der Waals surface area contributed by atoms with Crippen molar-refractivity contribution in [3.63, 3.8) is 0 Å². The number of hydrogen-bond acceptors (Lipinski definition) is 6. The Morgan fingerprint density at radius 2 is 1.93 bits per heavy atom. The maximum atomic E-state index is 12.3. The lowest BCUT2D eigenvalue weighted by Crippen LogP contribution is -2.48. The number of anilines is 1. The van der Waals surface area contributed by atoms with Gasteiger partial charge < -0.3 is 14.7 Å². The molecule has 3 rings (SSSR count). The van der Waals surface area contributed by atoms with E-state index in [0.29, 0.717) is 44.9 Å². The van der Waals surface area contributed by atoms with Crippen molar-refractivity contribution in [3.8, 4) is 5.75 Å². The first kappa shape index (κ1) is 21.3. The summed E-state index contributed by atoms with van der Waals surface area (Å²) in [7, 11) is -0.988. The minimum Gasteiger partial charge on any atom is -0.486 e. The van der Waals surface area contributed by atoms with Crippen LogP contribution in [0.4, 0.5) is 5.69 Å². The van der Waals surface area contributed by atoms with Gasteiger partial charge in [0.25, 0.3) is 0 Å². The van der Waals surface area contributed by atoms with E-state index in [4.69, 9.17) is 4.74 Å². The molecule has 9 heteroatoms. The topological polar surface area (TPSA) is 98.8 Å². The van der Waals surface area contributed by atoms with Crippen molar-refractivity contribution in [2.45, 2.75) is 63.2 Å². The second-order valence-corrected chi connectivity index (χ2v) is 10.0. The molecular weight excluding hydrogens is 380 g/mol. The van der Waals surface area contributed by atoms with Crippen LogP contribution in [0.1, 0.15) is 52.4 Å². The minimum absolute atomic E-state index is 0.0947. The summed E-state index contributed by atoms with van der Waals surface area (Å²) < 4.78 is 20.1. The molecule has 1 atom stereocenters. The standard InChI is InChI=1S/C19H32N4O4S/c1-15(2)28(26)23-11-9-22(10-12-23)16-14-20-21-18(24)17(16)27-13-8-19(25)6-4-3-5-7-19/h14-15,25H,3-13H2,1-2H3,(H,21,24). The lowest BCUT2D eigenvalue weighted by molar-refractivity contribution is -0.0136. The van der Waals surface area contributed by atoms with Crippen LogP contribution in [0, 0.1) is 0 Å². The Balaban J connectivity index is 1.62. The molecule has 1 aromatic heterocycles. The van der Waals surface area contributed by atoms with Crippen LogP contribution in [0.2, 0.25) is 0 Å². The zero-order valence-corrected chi connectivity index (χ0v) is 17.7. The fraction of sp³-hybridized carbons (Fsp3) is 0.789. The molecule has 1 aromatic rings. The molecule has 8 nitrogen and oxygen atoms in total. The Labute approximate surface area is 168 Å². The molecule has 1 aliphatic heterocycles. The number of piperazine rings is 1. The highest BCUT2D eigenvalue weighted by Crippen LogP contribution is 2.31. The number of aromatic amines is 1. The van der Waals surface area contributed by atoms with Crippen molar-refractivity contribution in [1.82, 2.24) is 14.5 Å². The van der Waals surface area contributed by atoms with Crippen molar-refractivity contribution < 1.29 is 14.1 Å². The molecule has 1 saturated carbocycles. The molecular formula is C19H32N4O4S. The smallest absolute Gasteiger partial charge is 0.308 e. The predicted molar refractivity (Wildman–Crippen MR) is 110 cm³/mol. The van der Waals surface area contributed by atoms with E-state index in [2.05, 4.69) is 15.1 Å². The molecule has 158 valence electrons. The van der Waals surface area contributed by atoms with E-state index in [1.165, 1.54) is 6.42 Å². The van der Waals surface area contributed by atoms with Crippen molar-refractivity contribution in [2.24, 2.45) is 0 Å². The quantitative estimate of drug-likeness (QED) is 0.703. The summed E-state index contributed by atoms with van der Waals surface area (Å²) in [5.41, 5.74) is -0.374. The molecule has 0 amide bonds. The molecule has 2 aliphatic rings. The normalized spacial score (nSPS) is 21.6. The molecule has 0 bridgehead atoms. The predicted octanol–water partition coefficient (Wildman–Crippen LogP) is 1.43. The molecule has 2 N–H and O–H groups in total. The van der Waals surface area contributed by atoms with E-state index in [1.807, 2.05) is 18.2 Å². The van der Waals surface area contributed by atoms with Crippen LogP contribution in [0.15, 0.2) is 11.0 Å². The van der Waals surface area contributed by atoms with Gasteiger partial charge in [0, 0.05) is 37.8 Å². The van der Waals surface area contributed by atoms with E-state index in [1.54, 1.807) is 6.20 Å². The van der Waals surface area contributed by atoms with Gasteiger partial charge in [0.15, 0.2) is 0 Å². The van der Waals surface area contributed by atoms with Gasteiger partial charge in [0.05, 0.1) is 29.4 Å². The van der Waals surface area contributed by atoms with E-state index in [-0.39, 0.29) is 16.6 Å². The molecule has 2 heterocycles. The highest BCUT2D eigenvalue weighted by Gasteiger charge is 2.30. The Hall–Kier alpha value is -1.45. The number of nitrogens with zero attached hydrogens (tertiary/aromatic N) is 3. The third kappa shape index (κ3) is 5.12. The fourth-order valence-electron chi connectivity index (χ4n) is 3.95. The summed E-state index contributed by atoms with van der Waals surface area (Å²) in [5, 5.41) is 17.1. The van der Waals surface area contributed by atoms with Gasteiger partial charge in [0.2, 0.25) is 5.75 Å². The molecule has 0 aromatic carbocycles. The van der Waals surface area contributed by atoms with Gasteiger partial charge >= 0.3 is 5.56 Å². The van der Waals surface area contributed by atoms with Gasteiger partial charge in [-0.1, -0.05) is 19.3 Å². The van der Waals surface area contributed by atoms with E-state index >= 15 is 0 Å². The van der Waals surface area contributed by atoms with Crippen molar-refractivity contribution >= 4 is 16.7 Å². The molecule has 1 saturated heterocycles. The third-order valence-corrected chi connectivity index (χ3v) is 7.31. The summed E-state index contributed by atoms with van der Waals surface area (Å²) in [6.07, 6.45) is 6.98. The largest absolute Gasteiger partial charge is 0.486 e. The average Bonchev–Trinajstić information content (AvgIpc) is 2.69. The zero-order valence-electron chi connectivity index (χ0n) is 16.9. The van der Waals surface area contributed by atoms with Gasteiger partial charge in [-0.3, -0.25) is 4.79 Å². The molecule has 0 radical (unpaired) electrons. The van der Waals surface area contributed by atoms with E-state index < -0.39 is 16.6 Å². The second kappa shape index (κ2) is 9.37. The SMILES string of the molecule is CC(C)S(=O)N1CCN(c2cn[nH]c(=O)c2OCCC2(O)CCCCC2)CC1. The number of ether oxygens (including phenoxy) is 1. The Morgan fingerprint density at radius 3 is 2.57 bits per heavy atom. The van der Waals surface area contributed by atoms with Crippen molar-refractivity contribution in [3.05, 3.63) is 16.6 Å². The number of H-pyrrole nitrogens is 1. The van der Waals surface area contributed by atoms with Crippen LogP contribution < -0.4 is 15.2 Å². The first-order chi connectivity index (χ1) is 13.4. The van der Waals surface area contributed by atoms with E-state index in [9.17, 15) is 14.1 Å². The summed E-state index contributed by atoms with van der Waals surface area (Å²) in [5.74, 6) is 0.257. The monoisotopic (exact) mass is 412 g/mol. The van der Waals surface area contributed by atoms with Gasteiger partial charge in [-0.2, -0.15) is 5.10 Å². The van der Waals surface area contributed by atoms with Gasteiger partial charge in [-0.15, -0.1) is 0 Å². The van der Waals surface area contributed by atoms with Crippen molar-refractivity contribution in [1.29, 1.82) is 0 Å². The highest BCUT2D eigenvalue weighted by atomic mass is 32.2. The van der Waals surface area contributed by atoms with Gasteiger partial charge in [-0.05, 0) is 26.7 Å². The lowest BCUT2D eigenvalue weighted by Gasteiger charge is -2.36. The van der Waals surface area contributed by atoms with E-state index in [0.717, 1.165) is 25.7 Å². The van der Waals surface area contributed by atoms with Crippen LogP contribution in [-0.4, -0.2) is 67.5 Å². The first-order valence-corrected chi connectivity index (χ1v) is 11.4. The van der Waals surface area contributed by atoms with Gasteiger partial charge in [0.1, 0.15) is 5.69 Å². The summed E-state index contributed by atoms with van der Waals surface area (Å²) >= 11 is 0. The van der Waals surface area contributed by atoms with Crippen LogP contribution in [0.3, 0.4) is 0 Å². The second-order valence-electron chi connectivity index (χ2n) is 8.04. The number of aliphatic hydroxyl groups is 1. The zero-order chi connectivity index (χ0) is 20.1. The Kier molecular flexibility index (Phi) is 7.11. The van der Waals surface area contributed by atoms with Crippen LogP contribution in [0.25, 0.3) is 0 Å². The molecule has 28 heavy (non-hydrogen) atoms. The van der Waals surface area contributed by atoms with Crippen LogP contribution in [-0.2, 0) is 11.0 Å². The van der Waals surface area contributed by atoms with Crippen LogP contribution in [0.5, 0.6) is 5.75 Å². The number of rotatable bonds is 7. The van der Waals surface area contributed by atoms with Gasteiger partial charge in [-0.25, -0.2) is 13.6 Å². The maximum absolute atomic E-state index is 12.3. The Morgan fingerprint density at radius 1 is 1.25 bits per heavy atom. The number of hydrogen-bond donors (Lipinski definition) is 2. The molecule has 0 spiro atoms. The first-order valence-electron chi connectivity index (χ1n) is 10.2. The minimum atomic E-state index is -0.988. The summed E-state index contributed by atoms with van der Waals surface area (Å²) in [6, 6.07) is 0. The lowest BCUT2D eigenvalue weighted by atomic mass is 9.83. The number of aromatic nitrogens is 2. The maximum Gasteiger partial charge on any atom is 0.308 e. The molecule has 1 unspecified atom stereocenters.